The molecular formula is C19H23N3O5S. The standard InChI is InChI=1S/C19H23N3O5S/c1-13-5-6-14(2)16(9-13)22(28(24,25)21(3)4)11-19(23)20-15-7-8-17-18(10-15)27-12-26-17/h5-10H,11-12H2,1-4H3,(H,20,23). The van der Waals surface area contributed by atoms with Gasteiger partial charge in [0.1, 0.15) is 6.54 Å². The SMILES string of the molecule is Cc1ccc(C)c(N(CC(=O)Nc2ccc3c(c2)OCO3)S(=O)(=O)N(C)C)c1. The Bertz CT molecular complexity index is 1000. The second-order valence-corrected chi connectivity index (χ2v) is 8.77. The quantitative estimate of drug-likeness (QED) is 0.797. The number of hydrogen-bond acceptors (Lipinski definition) is 5. The number of hydrogen-bond donors (Lipinski definition) is 1. The molecule has 1 heterocycles. The first-order valence-electron chi connectivity index (χ1n) is 8.65. The fourth-order valence-corrected chi connectivity index (χ4v) is 3.90. The number of nitrogens with one attached hydrogen (secondary N) is 1. The van der Waals surface area contributed by atoms with E-state index < -0.39 is 16.1 Å². The lowest BCUT2D eigenvalue weighted by atomic mass is 10.1. The minimum atomic E-state index is -3.87. The van der Waals surface area contributed by atoms with E-state index in [0.717, 1.165) is 19.7 Å². The number of amides is 1. The minimum Gasteiger partial charge on any atom is -0.454 e. The van der Waals surface area contributed by atoms with Gasteiger partial charge in [0.2, 0.25) is 12.7 Å². The Balaban J connectivity index is 1.87. The van der Waals surface area contributed by atoms with Gasteiger partial charge < -0.3 is 14.8 Å². The third-order valence-electron chi connectivity index (χ3n) is 4.32. The maximum Gasteiger partial charge on any atom is 0.304 e. The van der Waals surface area contributed by atoms with Gasteiger partial charge >= 0.3 is 10.2 Å². The maximum atomic E-state index is 12.9. The number of nitrogens with zero attached hydrogens (tertiary/aromatic N) is 2. The molecule has 1 aliphatic rings. The molecule has 28 heavy (non-hydrogen) atoms. The summed E-state index contributed by atoms with van der Waals surface area (Å²) < 4.78 is 38.5. The Morgan fingerprint density at radius 3 is 2.50 bits per heavy atom. The zero-order valence-electron chi connectivity index (χ0n) is 16.2. The van der Waals surface area contributed by atoms with Crippen molar-refractivity contribution in [2.24, 2.45) is 0 Å². The van der Waals surface area contributed by atoms with E-state index >= 15 is 0 Å². The molecule has 8 nitrogen and oxygen atoms in total. The topological polar surface area (TPSA) is 88.2 Å². The van der Waals surface area contributed by atoms with Crippen molar-refractivity contribution in [3.05, 3.63) is 47.5 Å². The third-order valence-corrected chi connectivity index (χ3v) is 6.12. The fraction of sp³-hybridized carbons (Fsp3) is 0.316. The second kappa shape index (κ2) is 7.69. The van der Waals surface area contributed by atoms with Crippen molar-refractivity contribution in [3.8, 4) is 11.5 Å². The highest BCUT2D eigenvalue weighted by Crippen LogP contribution is 2.34. The van der Waals surface area contributed by atoms with E-state index in [1.165, 1.54) is 14.1 Å². The lowest BCUT2D eigenvalue weighted by molar-refractivity contribution is -0.114. The average Bonchev–Trinajstić information content (AvgIpc) is 3.09. The highest BCUT2D eigenvalue weighted by Gasteiger charge is 2.28. The monoisotopic (exact) mass is 405 g/mol. The molecule has 150 valence electrons. The number of ether oxygens (including phenoxy) is 2. The molecule has 0 saturated carbocycles. The van der Waals surface area contributed by atoms with Gasteiger partial charge in [-0.3, -0.25) is 4.79 Å². The van der Waals surface area contributed by atoms with Gasteiger partial charge in [0.15, 0.2) is 11.5 Å². The molecule has 9 heteroatoms. The van der Waals surface area contributed by atoms with E-state index in [9.17, 15) is 13.2 Å². The lowest BCUT2D eigenvalue weighted by Gasteiger charge is -2.28. The van der Waals surface area contributed by atoms with Gasteiger partial charge in [-0.15, -0.1) is 0 Å². The minimum absolute atomic E-state index is 0.133. The summed E-state index contributed by atoms with van der Waals surface area (Å²) >= 11 is 0. The van der Waals surface area contributed by atoms with E-state index in [2.05, 4.69) is 5.32 Å². The molecule has 0 saturated heterocycles. The average molecular weight is 405 g/mol. The number of carbonyl (C=O) groups excluding carboxylic acids is 1. The molecule has 1 N–H and O–H groups in total. The lowest BCUT2D eigenvalue weighted by Crippen LogP contribution is -2.44. The molecule has 0 aromatic heterocycles. The van der Waals surface area contributed by atoms with Gasteiger partial charge in [0.25, 0.3) is 0 Å². The van der Waals surface area contributed by atoms with Gasteiger partial charge in [-0.05, 0) is 43.2 Å². The van der Waals surface area contributed by atoms with Crippen LogP contribution in [-0.4, -0.2) is 46.1 Å². The predicted octanol–water partition coefficient (Wildman–Crippen LogP) is 2.28. The first-order chi connectivity index (χ1) is 13.2. The molecule has 0 atom stereocenters. The van der Waals surface area contributed by atoms with Gasteiger partial charge in [-0.25, -0.2) is 4.31 Å². The first kappa shape index (κ1) is 20.0. The van der Waals surface area contributed by atoms with Crippen LogP contribution in [0.1, 0.15) is 11.1 Å². The molecule has 0 bridgehead atoms. The summed E-state index contributed by atoms with van der Waals surface area (Å²) in [6.45, 7) is 3.45. The van der Waals surface area contributed by atoms with E-state index in [0.29, 0.717) is 22.9 Å². The second-order valence-electron chi connectivity index (χ2n) is 6.70. The molecule has 1 aliphatic heterocycles. The summed E-state index contributed by atoms with van der Waals surface area (Å²) in [5, 5.41) is 2.72. The number of benzene rings is 2. The molecule has 3 rings (SSSR count). The Morgan fingerprint density at radius 1 is 1.07 bits per heavy atom. The van der Waals surface area contributed by atoms with Gasteiger partial charge in [-0.2, -0.15) is 12.7 Å². The predicted molar refractivity (Wildman–Crippen MR) is 107 cm³/mol. The van der Waals surface area contributed by atoms with Crippen molar-refractivity contribution in [2.75, 3.05) is 37.1 Å². The van der Waals surface area contributed by atoms with Crippen molar-refractivity contribution in [2.45, 2.75) is 13.8 Å². The number of rotatable bonds is 6. The van der Waals surface area contributed by atoms with Crippen LogP contribution in [0.5, 0.6) is 11.5 Å². The van der Waals surface area contributed by atoms with Crippen molar-refractivity contribution >= 4 is 27.5 Å². The van der Waals surface area contributed by atoms with Crippen molar-refractivity contribution in [1.29, 1.82) is 0 Å². The Hall–Kier alpha value is -2.78. The largest absolute Gasteiger partial charge is 0.454 e. The molecule has 1 amide bonds. The normalized spacial score (nSPS) is 12.9. The van der Waals surface area contributed by atoms with Gasteiger partial charge in [0.05, 0.1) is 5.69 Å². The van der Waals surface area contributed by atoms with E-state index in [1.54, 1.807) is 24.3 Å². The summed E-state index contributed by atoms with van der Waals surface area (Å²) in [4.78, 5) is 12.7. The number of carbonyl (C=O) groups is 1. The molecule has 0 unspecified atom stereocenters. The fourth-order valence-electron chi connectivity index (χ4n) is 2.78. The first-order valence-corrected chi connectivity index (χ1v) is 10.0. The molecule has 2 aromatic rings. The Morgan fingerprint density at radius 2 is 1.79 bits per heavy atom. The van der Waals surface area contributed by atoms with Crippen LogP contribution in [-0.2, 0) is 15.0 Å². The van der Waals surface area contributed by atoms with Crippen LogP contribution in [0.4, 0.5) is 11.4 Å². The molecule has 0 fully saturated rings. The van der Waals surface area contributed by atoms with Gasteiger partial charge in [-0.1, -0.05) is 12.1 Å². The van der Waals surface area contributed by atoms with Crippen LogP contribution >= 0.6 is 0 Å². The zero-order valence-corrected chi connectivity index (χ0v) is 17.0. The summed E-state index contributed by atoms with van der Waals surface area (Å²) in [5.74, 6) is 0.667. The number of aryl methyl sites for hydroxylation is 2. The molecule has 0 aliphatic carbocycles. The molecular weight excluding hydrogens is 382 g/mol. The summed E-state index contributed by atoms with van der Waals surface area (Å²) in [7, 11) is -1.000. The van der Waals surface area contributed by atoms with E-state index in [4.69, 9.17) is 9.47 Å². The van der Waals surface area contributed by atoms with Crippen LogP contribution in [0.15, 0.2) is 36.4 Å². The smallest absolute Gasteiger partial charge is 0.304 e. The Labute approximate surface area is 164 Å². The number of anilines is 2. The van der Waals surface area contributed by atoms with Crippen LogP contribution in [0.25, 0.3) is 0 Å². The van der Waals surface area contributed by atoms with E-state index in [-0.39, 0.29) is 13.3 Å². The third kappa shape index (κ3) is 4.05. The van der Waals surface area contributed by atoms with Gasteiger partial charge in [0, 0.05) is 25.8 Å². The molecule has 2 aromatic carbocycles. The van der Waals surface area contributed by atoms with Crippen LogP contribution < -0.4 is 19.1 Å². The highest BCUT2D eigenvalue weighted by molar-refractivity contribution is 7.90. The van der Waals surface area contributed by atoms with Crippen molar-refractivity contribution in [3.63, 3.8) is 0 Å². The molecule has 0 spiro atoms. The van der Waals surface area contributed by atoms with Crippen LogP contribution in [0.2, 0.25) is 0 Å². The Kier molecular flexibility index (Phi) is 5.48. The van der Waals surface area contributed by atoms with Crippen molar-refractivity contribution < 1.29 is 22.7 Å². The number of fused-ring (bicyclic) bond motifs is 1. The maximum absolute atomic E-state index is 12.9. The summed E-state index contributed by atoms with van der Waals surface area (Å²) in [6.07, 6.45) is 0. The summed E-state index contributed by atoms with van der Waals surface area (Å²) in [5.41, 5.74) is 2.62. The van der Waals surface area contributed by atoms with Crippen LogP contribution in [0.3, 0.4) is 0 Å². The molecule has 0 radical (unpaired) electrons. The van der Waals surface area contributed by atoms with Crippen molar-refractivity contribution in [1.82, 2.24) is 4.31 Å². The van der Waals surface area contributed by atoms with E-state index in [1.807, 2.05) is 26.0 Å². The summed E-state index contributed by atoms with van der Waals surface area (Å²) in [6, 6.07) is 10.5. The highest BCUT2D eigenvalue weighted by atomic mass is 32.2. The van der Waals surface area contributed by atoms with Crippen LogP contribution in [0, 0.1) is 13.8 Å². The zero-order chi connectivity index (χ0) is 20.5.